The van der Waals surface area contributed by atoms with Gasteiger partial charge in [-0.3, -0.25) is 4.72 Å². The van der Waals surface area contributed by atoms with Crippen LogP contribution in [0.2, 0.25) is 0 Å². The lowest BCUT2D eigenvalue weighted by Gasteiger charge is -2.42. The Balaban J connectivity index is 1.89. The quantitative estimate of drug-likeness (QED) is 0.459. The van der Waals surface area contributed by atoms with Crippen molar-refractivity contribution >= 4 is 18.0 Å². The summed E-state index contributed by atoms with van der Waals surface area (Å²) in [6.45, 7) is 7.14. The van der Waals surface area contributed by atoms with E-state index in [0.29, 0.717) is 25.9 Å². The number of carbonyl (C=O) groups is 1. The number of likely N-dealkylation sites (tertiary alicyclic amines) is 1. The predicted molar refractivity (Wildman–Crippen MR) is 112 cm³/mol. The van der Waals surface area contributed by atoms with Gasteiger partial charge in [-0.05, 0) is 56.6 Å². The van der Waals surface area contributed by atoms with Crippen LogP contribution in [0.15, 0.2) is 0 Å². The zero-order valence-corrected chi connectivity index (χ0v) is 18.4. The molecular formula is C20H39N3O3S. The zero-order chi connectivity index (χ0) is 19.6. The summed E-state index contributed by atoms with van der Waals surface area (Å²) >= 11 is 1.63. The van der Waals surface area contributed by atoms with Crippen molar-refractivity contribution in [2.24, 2.45) is 11.8 Å². The molecule has 1 heterocycles. The second-order valence-electron chi connectivity index (χ2n) is 8.17. The van der Waals surface area contributed by atoms with Crippen molar-refractivity contribution in [1.82, 2.24) is 14.9 Å². The van der Waals surface area contributed by atoms with Crippen LogP contribution in [0.4, 0.5) is 4.79 Å². The number of rotatable bonds is 9. The summed E-state index contributed by atoms with van der Waals surface area (Å²) in [5, 5.41) is 2.97. The Morgan fingerprint density at radius 1 is 1.22 bits per heavy atom. The van der Waals surface area contributed by atoms with Gasteiger partial charge in [-0.15, -0.1) is 0 Å². The van der Waals surface area contributed by atoms with Crippen molar-refractivity contribution < 1.29 is 14.3 Å². The summed E-state index contributed by atoms with van der Waals surface area (Å²) in [6, 6.07) is 0.349. The van der Waals surface area contributed by atoms with E-state index in [0.717, 1.165) is 44.1 Å². The Labute approximate surface area is 169 Å². The van der Waals surface area contributed by atoms with E-state index in [9.17, 15) is 4.79 Å². The molecule has 0 aromatic carbocycles. The largest absolute Gasteiger partial charge is 0.383 e. The smallest absolute Gasteiger partial charge is 0.317 e. The molecular weight excluding hydrogens is 362 g/mol. The number of amides is 2. The lowest BCUT2D eigenvalue weighted by atomic mass is 9.80. The maximum Gasteiger partial charge on any atom is 0.317 e. The van der Waals surface area contributed by atoms with Crippen molar-refractivity contribution in [3.8, 4) is 0 Å². The minimum absolute atomic E-state index is 0.00299. The van der Waals surface area contributed by atoms with Crippen LogP contribution in [-0.2, 0) is 9.47 Å². The van der Waals surface area contributed by atoms with Crippen molar-refractivity contribution in [3.05, 3.63) is 0 Å². The van der Waals surface area contributed by atoms with Crippen molar-refractivity contribution in [2.75, 3.05) is 39.7 Å². The first-order chi connectivity index (χ1) is 13.1. The minimum Gasteiger partial charge on any atom is -0.383 e. The highest BCUT2D eigenvalue weighted by Gasteiger charge is 2.35. The molecule has 1 aliphatic heterocycles. The van der Waals surface area contributed by atoms with Gasteiger partial charge in [0.15, 0.2) is 0 Å². The number of ether oxygens (including phenoxy) is 2. The molecule has 1 saturated heterocycles. The van der Waals surface area contributed by atoms with Gasteiger partial charge < -0.3 is 19.7 Å². The highest BCUT2D eigenvalue weighted by atomic mass is 32.2. The van der Waals surface area contributed by atoms with Crippen molar-refractivity contribution in [3.63, 3.8) is 0 Å². The Morgan fingerprint density at radius 3 is 2.59 bits per heavy atom. The van der Waals surface area contributed by atoms with Gasteiger partial charge in [0.05, 0.1) is 25.4 Å². The maximum absolute atomic E-state index is 12.7. The highest BCUT2D eigenvalue weighted by Crippen LogP contribution is 2.31. The van der Waals surface area contributed by atoms with Gasteiger partial charge in [0, 0.05) is 26.2 Å². The molecule has 2 fully saturated rings. The molecule has 0 aromatic rings. The summed E-state index contributed by atoms with van der Waals surface area (Å²) in [6.07, 6.45) is 9.31. The maximum atomic E-state index is 12.7. The Bertz CT molecular complexity index is 429. The molecule has 0 aromatic heterocycles. The lowest BCUT2D eigenvalue weighted by Crippen LogP contribution is -2.59. The van der Waals surface area contributed by atoms with Crippen LogP contribution in [0.25, 0.3) is 0 Å². The molecule has 0 bridgehead atoms. The zero-order valence-electron chi connectivity index (χ0n) is 17.5. The van der Waals surface area contributed by atoms with Gasteiger partial charge in [0.25, 0.3) is 0 Å². The monoisotopic (exact) mass is 401 g/mol. The number of nitrogens with one attached hydrogen (secondary N) is 2. The Morgan fingerprint density at radius 2 is 1.96 bits per heavy atom. The van der Waals surface area contributed by atoms with Crippen molar-refractivity contribution in [2.45, 2.75) is 70.6 Å². The summed E-state index contributed by atoms with van der Waals surface area (Å²) in [7, 11) is 1.65. The molecule has 0 spiro atoms. The second-order valence-corrected chi connectivity index (χ2v) is 8.81. The first-order valence-corrected chi connectivity index (χ1v) is 11.7. The minimum atomic E-state index is -0.00299. The SMILES string of the molecule is COCCNC(=O)N1CCC[C@H](NSC)[C@@H]1COC1CCC(C(C)C)CC1. The van der Waals surface area contributed by atoms with Crippen LogP contribution in [0, 0.1) is 11.8 Å². The molecule has 2 atom stereocenters. The van der Waals surface area contributed by atoms with Crippen LogP contribution in [-0.4, -0.2) is 68.8 Å². The Kier molecular flexibility index (Phi) is 10.2. The van der Waals surface area contributed by atoms with Crippen LogP contribution >= 0.6 is 11.9 Å². The summed E-state index contributed by atoms with van der Waals surface area (Å²) in [5.41, 5.74) is 0. The molecule has 1 aliphatic carbocycles. The molecule has 0 radical (unpaired) electrons. The molecule has 1 saturated carbocycles. The first-order valence-electron chi connectivity index (χ1n) is 10.5. The highest BCUT2D eigenvalue weighted by molar-refractivity contribution is 7.96. The Hall–Kier alpha value is -0.500. The number of hydrogen-bond acceptors (Lipinski definition) is 5. The number of piperidine rings is 1. The van der Waals surface area contributed by atoms with Gasteiger partial charge >= 0.3 is 6.03 Å². The van der Waals surface area contributed by atoms with Crippen LogP contribution < -0.4 is 10.0 Å². The first kappa shape index (κ1) is 22.8. The molecule has 2 amide bonds. The molecule has 2 N–H and O–H groups in total. The molecule has 2 rings (SSSR count). The van der Waals surface area contributed by atoms with E-state index in [2.05, 4.69) is 23.9 Å². The average Bonchev–Trinajstić information content (AvgIpc) is 2.67. The van der Waals surface area contributed by atoms with E-state index < -0.39 is 0 Å². The number of nitrogens with zero attached hydrogens (tertiary/aromatic N) is 1. The van der Waals surface area contributed by atoms with Gasteiger partial charge in [-0.1, -0.05) is 25.8 Å². The van der Waals surface area contributed by atoms with Gasteiger partial charge in [0.1, 0.15) is 0 Å². The molecule has 27 heavy (non-hydrogen) atoms. The van der Waals surface area contributed by atoms with E-state index in [4.69, 9.17) is 9.47 Å². The molecule has 7 heteroatoms. The second kappa shape index (κ2) is 12.1. The van der Waals surface area contributed by atoms with Gasteiger partial charge in [-0.2, -0.15) is 0 Å². The number of methoxy groups -OCH3 is 1. The van der Waals surface area contributed by atoms with E-state index in [1.165, 1.54) is 12.8 Å². The van der Waals surface area contributed by atoms with Gasteiger partial charge in [-0.25, -0.2) is 4.79 Å². The van der Waals surface area contributed by atoms with Crippen LogP contribution in [0.3, 0.4) is 0 Å². The number of carbonyl (C=O) groups excluding carboxylic acids is 1. The standard InChI is InChI=1S/C20H39N3O3S/c1-15(2)16-7-9-17(10-8-16)26-14-19-18(22-27-4)6-5-12-23(19)20(24)21-11-13-25-3/h15-19,22H,5-14H2,1-4H3,(H,21,24)/t16?,17?,18-,19-/m0/s1. The molecule has 2 aliphatic rings. The third-order valence-electron chi connectivity index (χ3n) is 6.06. The fourth-order valence-electron chi connectivity index (χ4n) is 4.32. The molecule has 6 nitrogen and oxygen atoms in total. The van der Waals surface area contributed by atoms with Crippen molar-refractivity contribution in [1.29, 1.82) is 0 Å². The molecule has 0 unspecified atom stereocenters. The third kappa shape index (κ3) is 7.11. The number of urea groups is 1. The van der Waals surface area contributed by atoms with E-state index in [1.54, 1.807) is 19.1 Å². The van der Waals surface area contributed by atoms with E-state index in [1.807, 2.05) is 11.2 Å². The van der Waals surface area contributed by atoms with E-state index in [-0.39, 0.29) is 18.1 Å². The van der Waals surface area contributed by atoms with Crippen LogP contribution in [0.5, 0.6) is 0 Å². The van der Waals surface area contributed by atoms with E-state index >= 15 is 0 Å². The summed E-state index contributed by atoms with van der Waals surface area (Å²) in [5.74, 6) is 1.61. The van der Waals surface area contributed by atoms with Crippen LogP contribution in [0.1, 0.15) is 52.4 Å². The summed E-state index contributed by atoms with van der Waals surface area (Å²) in [4.78, 5) is 14.6. The average molecular weight is 402 g/mol. The fourth-order valence-corrected chi connectivity index (χ4v) is 4.90. The third-order valence-corrected chi connectivity index (χ3v) is 6.59. The number of hydrogen-bond donors (Lipinski definition) is 2. The normalized spacial score (nSPS) is 29.1. The predicted octanol–water partition coefficient (Wildman–Crippen LogP) is 3.27. The lowest BCUT2D eigenvalue weighted by molar-refractivity contribution is -0.0239. The topological polar surface area (TPSA) is 62.8 Å². The summed E-state index contributed by atoms with van der Waals surface area (Å²) < 4.78 is 14.9. The molecule has 158 valence electrons. The fraction of sp³-hybridized carbons (Fsp3) is 0.950. The van der Waals surface area contributed by atoms with Gasteiger partial charge in [0.2, 0.25) is 0 Å².